The first kappa shape index (κ1) is 20.3. The van der Waals surface area contributed by atoms with Crippen LogP contribution in [-0.2, 0) is 16.0 Å². The van der Waals surface area contributed by atoms with Gasteiger partial charge in [0.1, 0.15) is 10.6 Å². The Kier molecular flexibility index (Phi) is 5.93. The Hall–Kier alpha value is -3.02. The van der Waals surface area contributed by atoms with Gasteiger partial charge in [-0.15, -0.1) is 0 Å². The molecule has 4 rings (SSSR count). The summed E-state index contributed by atoms with van der Waals surface area (Å²) in [5, 5.41) is 3.72. The number of hydrogen-bond donors (Lipinski definition) is 1. The summed E-state index contributed by atoms with van der Waals surface area (Å²) in [5.41, 5.74) is 2.71. The monoisotopic (exact) mass is 434 g/mol. The number of thioether (sulfide) groups is 1. The topological polar surface area (TPSA) is 49.4 Å². The van der Waals surface area contributed by atoms with E-state index in [2.05, 4.69) is 12.2 Å². The first-order valence-corrected chi connectivity index (χ1v) is 10.7. The number of carbonyl (C=O) groups excluding carboxylic acids is 2. The number of hydrogen-bond acceptors (Lipinski definition) is 4. The number of carbonyl (C=O) groups is 2. The molecule has 0 saturated carbocycles. The molecule has 150 valence electrons. The van der Waals surface area contributed by atoms with Crippen molar-refractivity contribution >= 4 is 46.6 Å². The average Bonchev–Trinajstić information content (AvgIpc) is 3.00. The SMILES string of the molecule is CCc1ccc(NC2=C(Sc3ccccc3)C(=O)N(c3ccc(Cl)cc3)C2=O)cc1. The van der Waals surface area contributed by atoms with Gasteiger partial charge in [0.2, 0.25) is 0 Å². The number of aryl methyl sites for hydroxylation is 1. The summed E-state index contributed by atoms with van der Waals surface area (Å²) in [4.78, 5) is 29.0. The van der Waals surface area contributed by atoms with Gasteiger partial charge in [0.05, 0.1) is 5.69 Å². The minimum atomic E-state index is -0.389. The van der Waals surface area contributed by atoms with Crippen LogP contribution in [0.15, 0.2) is 94.4 Å². The van der Waals surface area contributed by atoms with Crippen LogP contribution >= 0.6 is 23.4 Å². The summed E-state index contributed by atoms with van der Waals surface area (Å²) in [6.07, 6.45) is 0.930. The van der Waals surface area contributed by atoms with Crippen LogP contribution in [0.4, 0.5) is 11.4 Å². The average molecular weight is 435 g/mol. The second-order valence-corrected chi connectivity index (χ2v) is 8.24. The van der Waals surface area contributed by atoms with Crippen molar-refractivity contribution < 1.29 is 9.59 Å². The maximum atomic E-state index is 13.3. The Balaban J connectivity index is 1.71. The van der Waals surface area contributed by atoms with E-state index in [4.69, 9.17) is 11.6 Å². The van der Waals surface area contributed by atoms with Crippen LogP contribution < -0.4 is 10.2 Å². The number of nitrogens with zero attached hydrogens (tertiary/aromatic N) is 1. The van der Waals surface area contributed by atoms with Crippen molar-refractivity contribution in [1.82, 2.24) is 0 Å². The van der Waals surface area contributed by atoms with Crippen molar-refractivity contribution in [2.24, 2.45) is 0 Å². The Morgan fingerprint density at radius 1 is 0.867 bits per heavy atom. The molecule has 0 unspecified atom stereocenters. The fourth-order valence-electron chi connectivity index (χ4n) is 3.11. The number of amides is 2. The third kappa shape index (κ3) is 4.13. The molecule has 3 aromatic rings. The molecule has 30 heavy (non-hydrogen) atoms. The fraction of sp³-hybridized carbons (Fsp3) is 0.0833. The van der Waals surface area contributed by atoms with E-state index in [0.29, 0.717) is 15.6 Å². The third-order valence-corrected chi connectivity index (χ3v) is 6.06. The maximum Gasteiger partial charge on any atom is 0.283 e. The van der Waals surface area contributed by atoms with Crippen LogP contribution in [0, 0.1) is 0 Å². The number of nitrogens with one attached hydrogen (secondary N) is 1. The summed E-state index contributed by atoms with van der Waals surface area (Å²) in [7, 11) is 0. The van der Waals surface area contributed by atoms with Gasteiger partial charge in [0.25, 0.3) is 11.8 Å². The summed E-state index contributed by atoms with van der Waals surface area (Å²) >= 11 is 7.25. The first-order chi connectivity index (χ1) is 14.6. The fourth-order valence-corrected chi connectivity index (χ4v) is 4.19. The number of halogens is 1. The van der Waals surface area contributed by atoms with E-state index in [1.54, 1.807) is 24.3 Å². The van der Waals surface area contributed by atoms with Crippen LogP contribution in [0.2, 0.25) is 5.02 Å². The Bertz CT molecular complexity index is 1110. The standard InChI is InChI=1S/C24H19ClN2O2S/c1-2-16-8-12-18(13-9-16)26-21-22(30-20-6-4-3-5-7-20)24(29)27(23(21)28)19-14-10-17(25)11-15-19/h3-15,26H,2H2,1H3. The zero-order chi connectivity index (χ0) is 21.1. The van der Waals surface area contributed by atoms with Crippen molar-refractivity contribution in [2.75, 3.05) is 10.2 Å². The van der Waals surface area contributed by atoms with Gasteiger partial charge >= 0.3 is 0 Å². The van der Waals surface area contributed by atoms with Crippen LogP contribution in [0.5, 0.6) is 0 Å². The van der Waals surface area contributed by atoms with E-state index in [9.17, 15) is 9.59 Å². The molecule has 1 heterocycles. The summed E-state index contributed by atoms with van der Waals surface area (Å²) in [6, 6.07) is 24.0. The quantitative estimate of drug-likeness (QED) is 0.491. The first-order valence-electron chi connectivity index (χ1n) is 9.54. The van der Waals surface area contributed by atoms with Crippen molar-refractivity contribution in [2.45, 2.75) is 18.2 Å². The lowest BCUT2D eigenvalue weighted by Gasteiger charge is -2.15. The highest BCUT2D eigenvalue weighted by molar-refractivity contribution is 8.04. The summed E-state index contributed by atoms with van der Waals surface area (Å²) in [6.45, 7) is 2.09. The third-order valence-electron chi connectivity index (χ3n) is 4.72. The number of imide groups is 1. The lowest BCUT2D eigenvalue weighted by Crippen LogP contribution is -2.32. The zero-order valence-electron chi connectivity index (χ0n) is 16.3. The van der Waals surface area contributed by atoms with E-state index in [0.717, 1.165) is 17.0 Å². The molecule has 4 nitrogen and oxygen atoms in total. The molecule has 0 atom stereocenters. The summed E-state index contributed by atoms with van der Waals surface area (Å²) < 4.78 is 0. The van der Waals surface area contributed by atoms with Gasteiger partial charge in [-0.1, -0.05) is 60.6 Å². The lowest BCUT2D eigenvalue weighted by atomic mass is 10.1. The van der Waals surface area contributed by atoms with E-state index in [-0.39, 0.29) is 17.5 Å². The number of benzene rings is 3. The lowest BCUT2D eigenvalue weighted by molar-refractivity contribution is -0.120. The highest BCUT2D eigenvalue weighted by Gasteiger charge is 2.40. The van der Waals surface area contributed by atoms with Crippen LogP contribution in [0.25, 0.3) is 0 Å². The van der Waals surface area contributed by atoms with Gasteiger partial charge in [-0.25, -0.2) is 4.90 Å². The highest BCUT2D eigenvalue weighted by Crippen LogP contribution is 2.38. The molecule has 6 heteroatoms. The number of anilines is 2. The van der Waals surface area contributed by atoms with Gasteiger partial charge in [-0.05, 0) is 60.5 Å². The predicted octanol–water partition coefficient (Wildman–Crippen LogP) is 5.89. The summed E-state index contributed by atoms with van der Waals surface area (Å²) in [5.74, 6) is -0.746. The van der Waals surface area contributed by atoms with Gasteiger partial charge in [0, 0.05) is 15.6 Å². The normalized spacial score (nSPS) is 13.9. The van der Waals surface area contributed by atoms with Crippen LogP contribution in [0.1, 0.15) is 12.5 Å². The second-order valence-electron chi connectivity index (χ2n) is 6.72. The van der Waals surface area contributed by atoms with Gasteiger partial charge in [-0.3, -0.25) is 9.59 Å². The molecule has 0 fully saturated rings. The largest absolute Gasteiger partial charge is 0.350 e. The van der Waals surface area contributed by atoms with Gasteiger partial charge in [-0.2, -0.15) is 0 Å². The zero-order valence-corrected chi connectivity index (χ0v) is 17.8. The van der Waals surface area contributed by atoms with Crippen LogP contribution in [0.3, 0.4) is 0 Å². The van der Waals surface area contributed by atoms with E-state index >= 15 is 0 Å². The number of rotatable bonds is 6. The van der Waals surface area contributed by atoms with Crippen molar-refractivity contribution in [3.63, 3.8) is 0 Å². The van der Waals surface area contributed by atoms with Crippen LogP contribution in [-0.4, -0.2) is 11.8 Å². The van der Waals surface area contributed by atoms with Crippen molar-refractivity contribution in [3.05, 3.63) is 100 Å². The maximum absolute atomic E-state index is 13.3. The molecular formula is C24H19ClN2O2S. The molecule has 1 aliphatic heterocycles. The van der Waals surface area contributed by atoms with Crippen molar-refractivity contribution in [3.8, 4) is 0 Å². The molecule has 0 saturated heterocycles. The Labute approximate surface area is 184 Å². The van der Waals surface area contributed by atoms with Gasteiger partial charge < -0.3 is 5.32 Å². The minimum absolute atomic E-state index is 0.271. The molecular weight excluding hydrogens is 416 g/mol. The Morgan fingerprint density at radius 2 is 1.53 bits per heavy atom. The molecule has 1 N–H and O–H groups in total. The smallest absolute Gasteiger partial charge is 0.283 e. The van der Waals surface area contributed by atoms with E-state index in [1.165, 1.54) is 22.2 Å². The Morgan fingerprint density at radius 3 is 2.17 bits per heavy atom. The predicted molar refractivity (Wildman–Crippen MR) is 123 cm³/mol. The molecule has 0 radical (unpaired) electrons. The minimum Gasteiger partial charge on any atom is -0.350 e. The van der Waals surface area contributed by atoms with Crippen molar-refractivity contribution in [1.29, 1.82) is 0 Å². The van der Waals surface area contributed by atoms with Gasteiger partial charge in [0.15, 0.2) is 0 Å². The molecule has 0 spiro atoms. The molecule has 0 aromatic heterocycles. The molecule has 3 aromatic carbocycles. The van der Waals surface area contributed by atoms with E-state index in [1.807, 2.05) is 54.6 Å². The molecule has 1 aliphatic rings. The van der Waals surface area contributed by atoms with E-state index < -0.39 is 0 Å². The highest BCUT2D eigenvalue weighted by atomic mass is 35.5. The molecule has 0 bridgehead atoms. The second kappa shape index (κ2) is 8.78. The molecule has 2 amide bonds. The molecule has 0 aliphatic carbocycles.